The summed E-state index contributed by atoms with van der Waals surface area (Å²) in [5.74, 6) is 0.575. The van der Waals surface area contributed by atoms with Crippen molar-refractivity contribution in [3.8, 4) is 11.5 Å². The maximum absolute atomic E-state index is 14.1. The van der Waals surface area contributed by atoms with Crippen LogP contribution in [0.1, 0.15) is 24.3 Å². The van der Waals surface area contributed by atoms with Crippen LogP contribution in [0.25, 0.3) is 0 Å². The van der Waals surface area contributed by atoms with E-state index < -0.39 is 5.38 Å². The summed E-state index contributed by atoms with van der Waals surface area (Å²) in [6.07, 6.45) is 0.873. The molecule has 0 aromatic heterocycles. The fraction of sp³-hybridized carbons (Fsp3) is 0.571. The SMILES string of the molecule is COc1cc(F)c(C(Cl)C2CCOC2C)cc1OC. The molecule has 1 heterocycles. The first-order valence-electron chi connectivity index (χ1n) is 6.25. The number of benzene rings is 1. The van der Waals surface area contributed by atoms with Gasteiger partial charge in [0.2, 0.25) is 0 Å². The van der Waals surface area contributed by atoms with Crippen molar-refractivity contribution in [1.29, 1.82) is 0 Å². The molecule has 5 heteroatoms. The Bertz CT molecular complexity index is 453. The highest BCUT2D eigenvalue weighted by Crippen LogP contribution is 2.42. The Morgan fingerprint density at radius 3 is 2.47 bits per heavy atom. The summed E-state index contributed by atoms with van der Waals surface area (Å²) >= 11 is 6.42. The van der Waals surface area contributed by atoms with Crippen LogP contribution >= 0.6 is 11.6 Å². The predicted molar refractivity (Wildman–Crippen MR) is 71.6 cm³/mol. The van der Waals surface area contributed by atoms with E-state index in [-0.39, 0.29) is 17.8 Å². The number of hydrogen-bond donors (Lipinski definition) is 0. The van der Waals surface area contributed by atoms with Gasteiger partial charge in [-0.2, -0.15) is 0 Å². The molecule has 19 heavy (non-hydrogen) atoms. The quantitative estimate of drug-likeness (QED) is 0.793. The first-order chi connectivity index (χ1) is 9.08. The van der Waals surface area contributed by atoms with Crippen molar-refractivity contribution in [2.45, 2.75) is 24.8 Å². The number of alkyl halides is 1. The Morgan fingerprint density at radius 1 is 1.32 bits per heavy atom. The zero-order valence-corrected chi connectivity index (χ0v) is 12.0. The Balaban J connectivity index is 2.33. The third-order valence-electron chi connectivity index (χ3n) is 3.61. The van der Waals surface area contributed by atoms with E-state index in [4.69, 9.17) is 25.8 Å². The van der Waals surface area contributed by atoms with Crippen LogP contribution in [0.5, 0.6) is 11.5 Å². The van der Waals surface area contributed by atoms with Crippen molar-refractivity contribution in [1.82, 2.24) is 0 Å². The highest BCUT2D eigenvalue weighted by molar-refractivity contribution is 6.21. The molecule has 0 aliphatic carbocycles. The summed E-state index contributed by atoms with van der Waals surface area (Å²) in [5.41, 5.74) is 0.432. The van der Waals surface area contributed by atoms with Gasteiger partial charge in [0.05, 0.1) is 25.7 Å². The van der Waals surface area contributed by atoms with Crippen LogP contribution in [-0.4, -0.2) is 26.9 Å². The summed E-state index contributed by atoms with van der Waals surface area (Å²) in [5, 5.41) is -0.433. The highest BCUT2D eigenvalue weighted by Gasteiger charge is 2.33. The van der Waals surface area contributed by atoms with Crippen molar-refractivity contribution >= 4 is 11.6 Å². The minimum absolute atomic E-state index is 0.0370. The smallest absolute Gasteiger partial charge is 0.163 e. The average molecular weight is 289 g/mol. The van der Waals surface area contributed by atoms with Gasteiger partial charge in [-0.25, -0.2) is 4.39 Å². The molecule has 0 spiro atoms. The maximum atomic E-state index is 14.1. The molecule has 0 amide bonds. The van der Waals surface area contributed by atoms with E-state index in [0.29, 0.717) is 23.7 Å². The molecule has 1 fully saturated rings. The van der Waals surface area contributed by atoms with Crippen molar-refractivity contribution in [3.05, 3.63) is 23.5 Å². The van der Waals surface area contributed by atoms with Gasteiger partial charge >= 0.3 is 0 Å². The fourth-order valence-electron chi connectivity index (χ4n) is 2.44. The van der Waals surface area contributed by atoms with E-state index in [2.05, 4.69) is 0 Å². The van der Waals surface area contributed by atoms with E-state index in [1.807, 2.05) is 6.92 Å². The second kappa shape index (κ2) is 5.97. The molecule has 1 aliphatic heterocycles. The molecule has 106 valence electrons. The van der Waals surface area contributed by atoms with Crippen LogP contribution in [0.15, 0.2) is 12.1 Å². The van der Waals surface area contributed by atoms with Crippen molar-refractivity contribution < 1.29 is 18.6 Å². The second-order valence-electron chi connectivity index (χ2n) is 4.66. The molecule has 1 aromatic carbocycles. The fourth-order valence-corrected chi connectivity index (χ4v) is 2.94. The predicted octanol–water partition coefficient (Wildman–Crippen LogP) is 3.55. The first kappa shape index (κ1) is 14.4. The molecule has 3 unspecified atom stereocenters. The van der Waals surface area contributed by atoms with Gasteiger partial charge in [0.1, 0.15) is 5.82 Å². The van der Waals surface area contributed by atoms with E-state index in [1.165, 1.54) is 20.3 Å². The van der Waals surface area contributed by atoms with Gasteiger partial charge in [-0.1, -0.05) is 0 Å². The molecule has 3 atom stereocenters. The van der Waals surface area contributed by atoms with Crippen LogP contribution in [0, 0.1) is 11.7 Å². The third kappa shape index (κ3) is 2.79. The largest absolute Gasteiger partial charge is 0.493 e. The first-order valence-corrected chi connectivity index (χ1v) is 6.69. The molecule has 0 bridgehead atoms. The topological polar surface area (TPSA) is 27.7 Å². The van der Waals surface area contributed by atoms with E-state index >= 15 is 0 Å². The summed E-state index contributed by atoms with van der Waals surface area (Å²) in [4.78, 5) is 0. The monoisotopic (exact) mass is 288 g/mol. The molecule has 3 nitrogen and oxygen atoms in total. The van der Waals surface area contributed by atoms with Gasteiger partial charge in [-0.15, -0.1) is 11.6 Å². The van der Waals surface area contributed by atoms with Crippen LogP contribution in [0.3, 0.4) is 0 Å². The third-order valence-corrected chi connectivity index (χ3v) is 4.17. The lowest BCUT2D eigenvalue weighted by Gasteiger charge is -2.22. The van der Waals surface area contributed by atoms with Crippen LogP contribution in [0.2, 0.25) is 0 Å². The molecule has 1 saturated heterocycles. The summed E-state index contributed by atoms with van der Waals surface area (Å²) in [7, 11) is 2.99. The Kier molecular flexibility index (Phi) is 4.53. The minimum atomic E-state index is -0.433. The molecule has 2 rings (SSSR count). The Morgan fingerprint density at radius 2 is 1.95 bits per heavy atom. The zero-order chi connectivity index (χ0) is 14.0. The van der Waals surface area contributed by atoms with Crippen LogP contribution < -0.4 is 9.47 Å². The molecule has 0 N–H and O–H groups in total. The standard InChI is InChI=1S/C14H18ClFO3/c1-8-9(4-5-19-8)14(15)10-6-12(17-2)13(18-3)7-11(10)16/h6-9,14H,4-5H2,1-3H3. The molecular weight excluding hydrogens is 271 g/mol. The van der Waals surface area contributed by atoms with E-state index in [0.717, 1.165) is 6.42 Å². The lowest BCUT2D eigenvalue weighted by Crippen LogP contribution is -2.17. The highest BCUT2D eigenvalue weighted by atomic mass is 35.5. The summed E-state index contributed by atoms with van der Waals surface area (Å²) in [6, 6.07) is 2.92. The van der Waals surface area contributed by atoms with Gasteiger partial charge in [-0.3, -0.25) is 0 Å². The van der Waals surface area contributed by atoms with Crippen molar-refractivity contribution in [3.63, 3.8) is 0 Å². The molecule has 1 aromatic rings. The van der Waals surface area contributed by atoms with Crippen LogP contribution in [0.4, 0.5) is 4.39 Å². The van der Waals surface area contributed by atoms with Crippen LogP contribution in [-0.2, 0) is 4.74 Å². The molecule has 0 saturated carbocycles. The lowest BCUT2D eigenvalue weighted by atomic mass is 9.93. The van der Waals surface area contributed by atoms with Crippen molar-refractivity contribution in [2.75, 3.05) is 20.8 Å². The zero-order valence-electron chi connectivity index (χ0n) is 11.3. The minimum Gasteiger partial charge on any atom is -0.493 e. The number of hydrogen-bond acceptors (Lipinski definition) is 3. The number of halogens is 2. The molecule has 0 radical (unpaired) electrons. The molecule has 1 aliphatic rings. The van der Waals surface area contributed by atoms with Gasteiger partial charge in [0.15, 0.2) is 11.5 Å². The Labute approximate surface area is 117 Å². The van der Waals surface area contributed by atoms with Gasteiger partial charge in [-0.05, 0) is 19.4 Å². The van der Waals surface area contributed by atoms with Gasteiger partial charge in [0.25, 0.3) is 0 Å². The number of ether oxygens (including phenoxy) is 3. The Hall–Kier alpha value is -1.00. The summed E-state index contributed by atoms with van der Waals surface area (Å²) < 4.78 is 29.9. The van der Waals surface area contributed by atoms with E-state index in [9.17, 15) is 4.39 Å². The lowest BCUT2D eigenvalue weighted by molar-refractivity contribution is 0.104. The van der Waals surface area contributed by atoms with Gasteiger partial charge < -0.3 is 14.2 Å². The number of rotatable bonds is 4. The maximum Gasteiger partial charge on any atom is 0.163 e. The molecular formula is C14H18ClFO3. The summed E-state index contributed by atoms with van der Waals surface area (Å²) in [6.45, 7) is 2.63. The average Bonchev–Trinajstić information content (AvgIpc) is 2.83. The van der Waals surface area contributed by atoms with E-state index in [1.54, 1.807) is 6.07 Å². The van der Waals surface area contributed by atoms with Crippen molar-refractivity contribution in [2.24, 2.45) is 5.92 Å². The normalized spacial score (nSPS) is 24.3. The number of methoxy groups -OCH3 is 2. The van der Waals surface area contributed by atoms with Gasteiger partial charge in [0, 0.05) is 24.2 Å². The second-order valence-corrected chi connectivity index (χ2v) is 5.13.